The lowest BCUT2D eigenvalue weighted by atomic mass is 10.0. The standard InChI is InChI=1S/C19H18N4O3S/c1-12-8-14(9-13(2)16(12)10-20)27(25,26)22-6-7-23-17(11-22)18-15(19(23)24)4-3-5-21-18/h3-5,8-9,24H,6-7,11H2,1-2H3. The van der Waals surface area contributed by atoms with Gasteiger partial charge in [-0.15, -0.1) is 0 Å². The highest BCUT2D eigenvalue weighted by Crippen LogP contribution is 2.34. The average molecular weight is 382 g/mol. The molecular weight excluding hydrogens is 364 g/mol. The van der Waals surface area contributed by atoms with E-state index in [1.165, 1.54) is 4.31 Å². The maximum Gasteiger partial charge on any atom is 0.243 e. The van der Waals surface area contributed by atoms with E-state index in [0.29, 0.717) is 39.8 Å². The second-order valence-corrected chi connectivity index (χ2v) is 8.64. The highest BCUT2D eigenvalue weighted by molar-refractivity contribution is 7.89. The van der Waals surface area contributed by atoms with Gasteiger partial charge in [-0.2, -0.15) is 9.57 Å². The van der Waals surface area contributed by atoms with Crippen molar-refractivity contribution in [1.29, 1.82) is 5.26 Å². The van der Waals surface area contributed by atoms with E-state index in [9.17, 15) is 18.8 Å². The van der Waals surface area contributed by atoms with Crippen molar-refractivity contribution in [3.05, 3.63) is 52.8 Å². The second kappa shape index (κ2) is 6.08. The summed E-state index contributed by atoms with van der Waals surface area (Å²) in [6.45, 7) is 4.21. The number of rotatable bonds is 2. The predicted octanol–water partition coefficient (Wildman–Crippen LogP) is 2.43. The van der Waals surface area contributed by atoms with Gasteiger partial charge >= 0.3 is 0 Å². The Bertz CT molecular complexity index is 1200. The van der Waals surface area contributed by atoms with Crippen LogP contribution in [0.3, 0.4) is 0 Å². The molecule has 0 aliphatic carbocycles. The Labute approximate surface area is 157 Å². The van der Waals surface area contributed by atoms with Crippen molar-refractivity contribution in [1.82, 2.24) is 13.9 Å². The quantitative estimate of drug-likeness (QED) is 0.734. The summed E-state index contributed by atoms with van der Waals surface area (Å²) in [5.41, 5.74) is 3.08. The first-order chi connectivity index (χ1) is 12.8. The van der Waals surface area contributed by atoms with Crippen molar-refractivity contribution < 1.29 is 13.5 Å². The lowest BCUT2D eigenvalue weighted by molar-refractivity contribution is 0.318. The smallest absolute Gasteiger partial charge is 0.243 e. The molecule has 1 aliphatic rings. The molecule has 0 saturated heterocycles. The summed E-state index contributed by atoms with van der Waals surface area (Å²) in [6, 6.07) is 8.71. The molecule has 0 fully saturated rings. The lowest BCUT2D eigenvalue weighted by Gasteiger charge is -2.28. The van der Waals surface area contributed by atoms with Crippen molar-refractivity contribution in [2.75, 3.05) is 6.54 Å². The molecule has 0 amide bonds. The fourth-order valence-corrected chi connectivity index (χ4v) is 5.24. The lowest BCUT2D eigenvalue weighted by Crippen LogP contribution is -2.38. The molecule has 0 atom stereocenters. The number of pyridine rings is 1. The van der Waals surface area contributed by atoms with Gasteiger partial charge in [0, 0.05) is 19.3 Å². The molecule has 0 unspecified atom stereocenters. The summed E-state index contributed by atoms with van der Waals surface area (Å²) >= 11 is 0. The molecule has 27 heavy (non-hydrogen) atoms. The van der Waals surface area contributed by atoms with Crippen molar-refractivity contribution in [3.63, 3.8) is 0 Å². The van der Waals surface area contributed by atoms with Gasteiger partial charge < -0.3 is 9.67 Å². The zero-order valence-electron chi connectivity index (χ0n) is 15.0. The Balaban J connectivity index is 1.78. The number of hydrogen-bond donors (Lipinski definition) is 1. The van der Waals surface area contributed by atoms with E-state index in [1.807, 2.05) is 0 Å². The van der Waals surface area contributed by atoms with Gasteiger partial charge in [0.1, 0.15) is 0 Å². The number of aromatic hydroxyl groups is 1. The van der Waals surface area contributed by atoms with E-state index in [1.54, 1.807) is 48.9 Å². The van der Waals surface area contributed by atoms with Crippen LogP contribution in [0.2, 0.25) is 0 Å². The third-order valence-corrected chi connectivity index (χ3v) is 6.88. The maximum absolute atomic E-state index is 13.2. The Kier molecular flexibility index (Phi) is 3.94. The third kappa shape index (κ3) is 2.59. The predicted molar refractivity (Wildman–Crippen MR) is 99.6 cm³/mol. The molecule has 2 aromatic heterocycles. The molecular formula is C19H18N4O3S. The highest BCUT2D eigenvalue weighted by atomic mass is 32.2. The maximum atomic E-state index is 13.2. The molecule has 1 aliphatic heterocycles. The largest absolute Gasteiger partial charge is 0.494 e. The average Bonchev–Trinajstić information content (AvgIpc) is 2.94. The molecule has 0 radical (unpaired) electrons. The van der Waals surface area contributed by atoms with Gasteiger partial charge in [-0.05, 0) is 49.2 Å². The van der Waals surface area contributed by atoms with Crippen molar-refractivity contribution in [2.24, 2.45) is 0 Å². The first kappa shape index (κ1) is 17.5. The number of nitrogens with zero attached hydrogens (tertiary/aromatic N) is 4. The number of aromatic nitrogens is 2. The molecule has 3 heterocycles. The van der Waals surface area contributed by atoms with Crippen LogP contribution in [0.4, 0.5) is 0 Å². The van der Waals surface area contributed by atoms with Gasteiger partial charge in [0.25, 0.3) is 0 Å². The minimum absolute atomic E-state index is 0.121. The number of benzene rings is 1. The molecule has 0 bridgehead atoms. The van der Waals surface area contributed by atoms with Crippen LogP contribution in [0.25, 0.3) is 10.9 Å². The Morgan fingerprint density at radius 2 is 1.93 bits per heavy atom. The molecule has 1 aromatic carbocycles. The first-order valence-corrected chi connectivity index (χ1v) is 9.95. The molecule has 0 saturated carbocycles. The van der Waals surface area contributed by atoms with Crippen LogP contribution in [-0.2, 0) is 23.1 Å². The van der Waals surface area contributed by atoms with Crippen LogP contribution in [-0.4, -0.2) is 33.9 Å². The van der Waals surface area contributed by atoms with Gasteiger partial charge in [0.15, 0.2) is 0 Å². The van der Waals surface area contributed by atoms with E-state index in [0.717, 1.165) is 0 Å². The summed E-state index contributed by atoms with van der Waals surface area (Å²) < 4.78 is 29.5. The van der Waals surface area contributed by atoms with Crippen LogP contribution in [0, 0.1) is 25.2 Å². The number of nitriles is 1. The number of fused-ring (bicyclic) bond motifs is 3. The SMILES string of the molecule is Cc1cc(S(=O)(=O)N2CCn3c(O)c4cccnc4c3C2)cc(C)c1C#N. The van der Waals surface area contributed by atoms with Crippen LogP contribution in [0.5, 0.6) is 5.88 Å². The topological polar surface area (TPSA) is 99.2 Å². The summed E-state index contributed by atoms with van der Waals surface area (Å²) in [5, 5.41) is 20.2. The van der Waals surface area contributed by atoms with E-state index < -0.39 is 10.0 Å². The molecule has 8 heteroatoms. The molecule has 138 valence electrons. The number of sulfonamides is 1. The molecule has 7 nitrogen and oxygen atoms in total. The summed E-state index contributed by atoms with van der Waals surface area (Å²) in [4.78, 5) is 4.50. The van der Waals surface area contributed by atoms with Gasteiger partial charge in [0.05, 0.1) is 39.7 Å². The van der Waals surface area contributed by atoms with E-state index >= 15 is 0 Å². The summed E-state index contributed by atoms with van der Waals surface area (Å²) in [5.74, 6) is 0.121. The Morgan fingerprint density at radius 1 is 1.22 bits per heavy atom. The van der Waals surface area contributed by atoms with E-state index in [-0.39, 0.29) is 23.9 Å². The fraction of sp³-hybridized carbons (Fsp3) is 0.263. The van der Waals surface area contributed by atoms with Crippen molar-refractivity contribution >= 4 is 20.9 Å². The van der Waals surface area contributed by atoms with Gasteiger partial charge in [-0.25, -0.2) is 8.42 Å². The zero-order valence-corrected chi connectivity index (χ0v) is 15.8. The second-order valence-electron chi connectivity index (χ2n) is 6.70. The third-order valence-electron chi connectivity index (χ3n) is 5.06. The molecule has 1 N–H and O–H groups in total. The fourth-order valence-electron chi connectivity index (χ4n) is 3.68. The minimum Gasteiger partial charge on any atom is -0.494 e. The van der Waals surface area contributed by atoms with Crippen molar-refractivity contribution in [2.45, 2.75) is 31.8 Å². The van der Waals surface area contributed by atoms with E-state index in [4.69, 9.17) is 0 Å². The summed E-state index contributed by atoms with van der Waals surface area (Å²) in [7, 11) is -3.73. The monoisotopic (exact) mass is 382 g/mol. The van der Waals surface area contributed by atoms with E-state index in [2.05, 4.69) is 11.1 Å². The van der Waals surface area contributed by atoms with Gasteiger partial charge in [0.2, 0.25) is 15.9 Å². The molecule has 0 spiro atoms. The van der Waals surface area contributed by atoms with Gasteiger partial charge in [-0.1, -0.05) is 0 Å². The van der Waals surface area contributed by atoms with Crippen LogP contribution in [0.15, 0.2) is 35.4 Å². The Morgan fingerprint density at radius 3 is 2.59 bits per heavy atom. The van der Waals surface area contributed by atoms with Crippen molar-refractivity contribution in [3.8, 4) is 11.9 Å². The molecule has 4 rings (SSSR count). The normalized spacial score (nSPS) is 14.9. The minimum atomic E-state index is -3.73. The van der Waals surface area contributed by atoms with Crippen LogP contribution in [0.1, 0.15) is 22.4 Å². The zero-order chi connectivity index (χ0) is 19.3. The molecule has 3 aromatic rings. The first-order valence-electron chi connectivity index (χ1n) is 8.51. The summed E-state index contributed by atoms with van der Waals surface area (Å²) in [6.07, 6.45) is 1.63. The Hall–Kier alpha value is -2.89. The number of aryl methyl sites for hydroxylation is 2. The van der Waals surface area contributed by atoms with Crippen LogP contribution >= 0.6 is 0 Å². The number of hydrogen-bond acceptors (Lipinski definition) is 5. The van der Waals surface area contributed by atoms with Gasteiger partial charge in [-0.3, -0.25) is 4.98 Å². The van der Waals surface area contributed by atoms with Crippen LogP contribution < -0.4 is 0 Å². The highest BCUT2D eigenvalue weighted by Gasteiger charge is 2.32.